The molecule has 1 aromatic rings. The van der Waals surface area contributed by atoms with Crippen molar-refractivity contribution >= 4 is 11.8 Å². The number of rotatable bonds is 4. The molecule has 0 bridgehead atoms. The normalized spacial score (nSPS) is 15.5. The van der Waals surface area contributed by atoms with Gasteiger partial charge in [-0.3, -0.25) is 0 Å². The van der Waals surface area contributed by atoms with Crippen LogP contribution in [0.4, 0.5) is 0 Å². The molecule has 1 saturated carbocycles. The van der Waals surface area contributed by atoms with Crippen molar-refractivity contribution in [3.63, 3.8) is 0 Å². The van der Waals surface area contributed by atoms with Crippen molar-refractivity contribution < 1.29 is 4.74 Å². The lowest BCUT2D eigenvalue weighted by Gasteiger charge is -2.21. The van der Waals surface area contributed by atoms with Gasteiger partial charge in [-0.1, -0.05) is 37.2 Å². The predicted octanol–water partition coefficient (Wildman–Crippen LogP) is 3.57. The van der Waals surface area contributed by atoms with E-state index in [0.29, 0.717) is 6.54 Å². The molecular formula is C17H23NOS. The van der Waals surface area contributed by atoms with Gasteiger partial charge in [0.15, 0.2) is 0 Å². The zero-order chi connectivity index (χ0) is 14.2. The first kappa shape index (κ1) is 15.3. The second-order valence-corrected chi connectivity index (χ2v) is 6.40. The molecule has 3 heteroatoms. The highest BCUT2D eigenvalue weighted by Crippen LogP contribution is 2.31. The highest BCUT2D eigenvalue weighted by molar-refractivity contribution is 7.99. The number of hydrogen-bond acceptors (Lipinski definition) is 3. The molecular weight excluding hydrogens is 266 g/mol. The smallest absolute Gasteiger partial charge is 0.134 e. The Morgan fingerprint density at radius 3 is 2.80 bits per heavy atom. The summed E-state index contributed by atoms with van der Waals surface area (Å²) in [7, 11) is 1.68. The van der Waals surface area contributed by atoms with E-state index in [2.05, 4.69) is 35.7 Å². The summed E-state index contributed by atoms with van der Waals surface area (Å²) in [4.78, 5) is 0. The summed E-state index contributed by atoms with van der Waals surface area (Å²) in [5, 5.41) is 0.837. The van der Waals surface area contributed by atoms with Crippen molar-refractivity contribution in [2.45, 2.75) is 43.1 Å². The molecule has 2 nitrogen and oxygen atoms in total. The van der Waals surface area contributed by atoms with Crippen LogP contribution in [0.3, 0.4) is 0 Å². The van der Waals surface area contributed by atoms with Gasteiger partial charge in [-0.25, -0.2) is 0 Å². The average Bonchev–Trinajstić information content (AvgIpc) is 2.52. The fourth-order valence-corrected chi connectivity index (χ4v) is 3.81. The lowest BCUT2D eigenvalue weighted by Crippen LogP contribution is -2.08. The Labute approximate surface area is 126 Å². The third kappa shape index (κ3) is 4.47. The van der Waals surface area contributed by atoms with Crippen LogP contribution in [-0.2, 0) is 5.75 Å². The fraction of sp³-hybridized carbons (Fsp3) is 0.529. The molecule has 0 saturated heterocycles. The number of methoxy groups -OCH3 is 1. The summed E-state index contributed by atoms with van der Waals surface area (Å²) in [5.74, 6) is 7.89. The van der Waals surface area contributed by atoms with Crippen molar-refractivity contribution in [2.75, 3.05) is 13.7 Å². The van der Waals surface area contributed by atoms with Gasteiger partial charge in [-0.2, -0.15) is 11.8 Å². The average molecular weight is 289 g/mol. The summed E-state index contributed by atoms with van der Waals surface area (Å²) < 4.78 is 5.34. The zero-order valence-corrected chi connectivity index (χ0v) is 13.0. The molecule has 20 heavy (non-hydrogen) atoms. The van der Waals surface area contributed by atoms with E-state index in [1.54, 1.807) is 7.11 Å². The minimum absolute atomic E-state index is 0.379. The van der Waals surface area contributed by atoms with Crippen LogP contribution in [0.1, 0.15) is 43.2 Å². The Hall–Kier alpha value is -1.11. The highest BCUT2D eigenvalue weighted by Gasteiger charge is 2.13. The largest absolute Gasteiger partial charge is 0.495 e. The van der Waals surface area contributed by atoms with Crippen molar-refractivity contribution in [3.8, 4) is 17.6 Å². The molecule has 1 aromatic carbocycles. The van der Waals surface area contributed by atoms with Gasteiger partial charge in [0.2, 0.25) is 0 Å². The van der Waals surface area contributed by atoms with Crippen molar-refractivity contribution in [3.05, 3.63) is 29.3 Å². The van der Waals surface area contributed by atoms with Gasteiger partial charge < -0.3 is 10.5 Å². The van der Waals surface area contributed by atoms with Crippen molar-refractivity contribution in [1.29, 1.82) is 0 Å². The van der Waals surface area contributed by atoms with Gasteiger partial charge in [-0.05, 0) is 30.5 Å². The van der Waals surface area contributed by atoms with Crippen LogP contribution < -0.4 is 10.5 Å². The van der Waals surface area contributed by atoms with Crippen molar-refractivity contribution in [2.24, 2.45) is 5.73 Å². The molecule has 0 radical (unpaired) electrons. The Bertz CT molecular complexity index is 483. The molecule has 108 valence electrons. The van der Waals surface area contributed by atoms with Crippen LogP contribution >= 0.6 is 11.8 Å². The van der Waals surface area contributed by atoms with Gasteiger partial charge in [-0.15, -0.1) is 0 Å². The first-order valence-corrected chi connectivity index (χ1v) is 8.36. The van der Waals surface area contributed by atoms with Gasteiger partial charge in [0.05, 0.1) is 19.2 Å². The molecule has 0 atom stereocenters. The number of thioether (sulfide) groups is 1. The van der Waals surface area contributed by atoms with Crippen LogP contribution in [0, 0.1) is 11.8 Å². The van der Waals surface area contributed by atoms with Crippen LogP contribution in [0.15, 0.2) is 18.2 Å². The second kappa shape index (κ2) is 8.24. The van der Waals surface area contributed by atoms with E-state index in [4.69, 9.17) is 10.5 Å². The minimum atomic E-state index is 0.379. The molecule has 0 heterocycles. The van der Waals surface area contributed by atoms with Crippen LogP contribution in [0.25, 0.3) is 0 Å². The Morgan fingerprint density at radius 1 is 1.30 bits per heavy atom. The van der Waals surface area contributed by atoms with Gasteiger partial charge in [0.25, 0.3) is 0 Å². The van der Waals surface area contributed by atoms with Crippen LogP contribution in [0.5, 0.6) is 5.75 Å². The molecule has 0 aliphatic heterocycles. The van der Waals surface area contributed by atoms with Gasteiger partial charge in [0, 0.05) is 11.0 Å². The maximum absolute atomic E-state index is 5.44. The number of ether oxygens (including phenoxy) is 1. The quantitative estimate of drug-likeness (QED) is 0.861. The molecule has 0 aromatic heterocycles. The topological polar surface area (TPSA) is 35.2 Å². The van der Waals surface area contributed by atoms with Gasteiger partial charge >= 0.3 is 0 Å². The van der Waals surface area contributed by atoms with Crippen molar-refractivity contribution in [1.82, 2.24) is 0 Å². The van der Waals surface area contributed by atoms with E-state index in [-0.39, 0.29) is 0 Å². The summed E-state index contributed by atoms with van der Waals surface area (Å²) in [6.45, 7) is 0.379. The van der Waals surface area contributed by atoms with E-state index in [9.17, 15) is 0 Å². The summed E-state index contributed by atoms with van der Waals surface area (Å²) in [6, 6.07) is 6.29. The Balaban J connectivity index is 2.00. The fourth-order valence-electron chi connectivity index (χ4n) is 2.53. The highest BCUT2D eigenvalue weighted by atomic mass is 32.2. The molecule has 1 aliphatic carbocycles. The molecule has 0 unspecified atom stereocenters. The van der Waals surface area contributed by atoms with E-state index < -0.39 is 0 Å². The maximum Gasteiger partial charge on any atom is 0.134 e. The standard InChI is InChI=1S/C17H23NOS/c1-19-17-10-9-14(12-15(17)6-5-11-18)13-20-16-7-3-2-4-8-16/h9-10,12,16H,2-4,7-8,11,13,18H2,1H3. The van der Waals surface area contributed by atoms with Crippen LogP contribution in [0.2, 0.25) is 0 Å². The first-order valence-electron chi connectivity index (χ1n) is 7.31. The second-order valence-electron chi connectivity index (χ2n) is 5.11. The Morgan fingerprint density at radius 2 is 2.10 bits per heavy atom. The zero-order valence-electron chi connectivity index (χ0n) is 12.2. The van der Waals surface area contributed by atoms with E-state index in [0.717, 1.165) is 22.3 Å². The Kier molecular flexibility index (Phi) is 6.29. The summed E-state index contributed by atoms with van der Waals surface area (Å²) >= 11 is 2.08. The third-order valence-electron chi connectivity index (χ3n) is 3.63. The number of hydrogen-bond donors (Lipinski definition) is 1. The molecule has 2 rings (SSSR count). The van der Waals surface area contributed by atoms with E-state index in [1.165, 1.54) is 37.7 Å². The monoisotopic (exact) mass is 289 g/mol. The molecule has 0 amide bonds. The first-order chi connectivity index (χ1) is 9.83. The molecule has 0 spiro atoms. The molecule has 2 N–H and O–H groups in total. The van der Waals surface area contributed by atoms with Gasteiger partial charge in [0.1, 0.15) is 5.75 Å². The summed E-state index contributed by atoms with van der Waals surface area (Å²) in [6.07, 6.45) is 6.96. The number of nitrogens with two attached hydrogens (primary N) is 1. The van der Waals surface area contributed by atoms with E-state index >= 15 is 0 Å². The maximum atomic E-state index is 5.44. The van der Waals surface area contributed by atoms with Crippen LogP contribution in [-0.4, -0.2) is 18.9 Å². The lowest BCUT2D eigenvalue weighted by atomic mass is 10.0. The number of benzene rings is 1. The third-order valence-corrected chi connectivity index (χ3v) is 5.07. The lowest BCUT2D eigenvalue weighted by molar-refractivity contribution is 0.413. The minimum Gasteiger partial charge on any atom is -0.495 e. The van der Waals surface area contributed by atoms with E-state index in [1.807, 2.05) is 6.07 Å². The summed E-state index contributed by atoms with van der Waals surface area (Å²) in [5.41, 5.74) is 7.71. The predicted molar refractivity (Wildman–Crippen MR) is 87.1 cm³/mol. The molecule has 1 fully saturated rings. The molecule has 1 aliphatic rings. The SMILES string of the molecule is COc1ccc(CSC2CCCCC2)cc1C#CCN.